The van der Waals surface area contributed by atoms with Gasteiger partial charge >= 0.3 is 12.0 Å². The van der Waals surface area contributed by atoms with E-state index in [-0.39, 0.29) is 10.6 Å². The van der Waals surface area contributed by atoms with Crippen LogP contribution >= 0.6 is 11.6 Å². The Hall–Kier alpha value is -3.78. The predicted octanol–water partition coefficient (Wildman–Crippen LogP) is 5.46. The third kappa shape index (κ3) is 4.74. The molecule has 0 spiro atoms. The first-order chi connectivity index (χ1) is 16.9. The number of fused-ring (bicyclic) bond motifs is 1. The van der Waals surface area contributed by atoms with Gasteiger partial charge < -0.3 is 24.4 Å². The van der Waals surface area contributed by atoms with E-state index in [2.05, 4.69) is 5.32 Å². The Morgan fingerprint density at radius 1 is 1.03 bits per heavy atom. The maximum absolute atomic E-state index is 15.2. The molecular weight excluding hydrogens is 475 g/mol. The monoisotopic (exact) mass is 498 g/mol. The molecule has 0 unspecified atom stereocenters. The van der Waals surface area contributed by atoms with E-state index in [4.69, 9.17) is 25.8 Å². The van der Waals surface area contributed by atoms with E-state index >= 15 is 4.39 Å². The van der Waals surface area contributed by atoms with E-state index in [9.17, 15) is 9.59 Å². The van der Waals surface area contributed by atoms with Gasteiger partial charge in [0.05, 0.1) is 32.9 Å². The van der Waals surface area contributed by atoms with Crippen molar-refractivity contribution in [3.63, 3.8) is 0 Å². The number of urea groups is 1. The number of nitrogens with zero attached hydrogens (tertiary/aromatic N) is 1. The van der Waals surface area contributed by atoms with E-state index in [0.29, 0.717) is 41.3 Å². The molecule has 2 amide bonds. The molecule has 1 aliphatic heterocycles. The number of hydrogen-bond donors (Lipinski definition) is 1. The van der Waals surface area contributed by atoms with Crippen LogP contribution in [0.4, 0.5) is 14.9 Å². The molecule has 0 radical (unpaired) electrons. The number of halogens is 2. The topological polar surface area (TPSA) is 77.1 Å². The fraction of sp³-hybridized carbons (Fsp3) is 0.231. The van der Waals surface area contributed by atoms with Crippen molar-refractivity contribution in [2.45, 2.75) is 12.5 Å². The van der Waals surface area contributed by atoms with E-state index in [1.807, 2.05) is 6.07 Å². The summed E-state index contributed by atoms with van der Waals surface area (Å²) >= 11 is 6.46. The number of amides is 2. The Morgan fingerprint density at radius 2 is 1.74 bits per heavy atom. The summed E-state index contributed by atoms with van der Waals surface area (Å²) in [5, 5.41) is 3.01. The van der Waals surface area contributed by atoms with Crippen LogP contribution in [-0.4, -0.2) is 44.8 Å². The Bertz CT molecular complexity index is 1260. The van der Waals surface area contributed by atoms with Gasteiger partial charge in [0.25, 0.3) is 0 Å². The Morgan fingerprint density at radius 3 is 2.43 bits per heavy atom. The molecule has 182 valence electrons. The quantitative estimate of drug-likeness (QED) is 0.472. The van der Waals surface area contributed by atoms with Crippen molar-refractivity contribution in [3.8, 4) is 11.5 Å². The number of esters is 1. The highest BCUT2D eigenvalue weighted by Gasteiger charge is 2.36. The highest BCUT2D eigenvalue weighted by Crippen LogP contribution is 2.43. The van der Waals surface area contributed by atoms with Crippen molar-refractivity contribution in [2.75, 3.05) is 33.2 Å². The third-order valence-electron chi connectivity index (χ3n) is 5.94. The molecule has 1 aliphatic rings. The highest BCUT2D eigenvalue weighted by molar-refractivity contribution is 6.31. The van der Waals surface area contributed by atoms with Crippen LogP contribution in [0.3, 0.4) is 0 Å². The first-order valence-electron chi connectivity index (χ1n) is 10.8. The summed E-state index contributed by atoms with van der Waals surface area (Å²) in [6, 6.07) is 13.1. The number of carbonyl (C=O) groups is 2. The highest BCUT2D eigenvalue weighted by atomic mass is 35.5. The molecule has 0 bridgehead atoms. The van der Waals surface area contributed by atoms with Crippen molar-refractivity contribution < 1.29 is 28.2 Å². The maximum Gasteiger partial charge on any atom is 0.337 e. The van der Waals surface area contributed by atoms with Crippen LogP contribution in [0, 0.1) is 5.82 Å². The van der Waals surface area contributed by atoms with Gasteiger partial charge in [0, 0.05) is 22.8 Å². The number of carbonyl (C=O) groups excluding carboxylic acids is 2. The SMILES string of the molecule is COC(=O)c1cccc(NC(=O)N2CCc3cc(OC)c(OC)cc3[C@@H]2c2c(F)cccc2Cl)c1. The van der Waals surface area contributed by atoms with Gasteiger partial charge in [-0.2, -0.15) is 0 Å². The van der Waals surface area contributed by atoms with Crippen LogP contribution in [-0.2, 0) is 11.2 Å². The first-order valence-corrected chi connectivity index (χ1v) is 11.2. The number of nitrogens with one attached hydrogen (secondary N) is 1. The van der Waals surface area contributed by atoms with Gasteiger partial charge in [-0.05, 0) is 60.0 Å². The predicted molar refractivity (Wildman–Crippen MR) is 130 cm³/mol. The minimum atomic E-state index is -0.823. The van der Waals surface area contributed by atoms with Gasteiger partial charge in [0.2, 0.25) is 0 Å². The standard InChI is InChI=1S/C26H24ClFN2O5/c1-33-21-13-15-10-11-30(26(32)29-17-7-4-6-16(12-17)25(31)35-3)24(18(15)14-22(21)34-2)23-19(27)8-5-9-20(23)28/h4-9,12-14,24H,10-11H2,1-3H3,(H,29,32)/t24-/m1/s1. The second kappa shape index (κ2) is 10.2. The zero-order valence-corrected chi connectivity index (χ0v) is 20.2. The van der Waals surface area contributed by atoms with Gasteiger partial charge in [0.15, 0.2) is 11.5 Å². The fourth-order valence-electron chi connectivity index (χ4n) is 4.28. The van der Waals surface area contributed by atoms with Crippen LogP contribution in [0.2, 0.25) is 5.02 Å². The van der Waals surface area contributed by atoms with E-state index < -0.39 is 23.9 Å². The smallest absolute Gasteiger partial charge is 0.337 e. The summed E-state index contributed by atoms with van der Waals surface area (Å²) in [4.78, 5) is 26.9. The molecule has 0 aliphatic carbocycles. The lowest BCUT2D eigenvalue weighted by molar-refractivity contribution is 0.0600. The molecule has 1 atom stereocenters. The Kier molecular flexibility index (Phi) is 7.12. The average Bonchev–Trinajstić information content (AvgIpc) is 2.87. The lowest BCUT2D eigenvalue weighted by Gasteiger charge is -2.38. The minimum absolute atomic E-state index is 0.181. The summed E-state index contributed by atoms with van der Waals surface area (Å²) in [5.41, 5.74) is 2.44. The number of anilines is 1. The van der Waals surface area contributed by atoms with Crippen LogP contribution in [0.15, 0.2) is 54.6 Å². The molecule has 9 heteroatoms. The van der Waals surface area contributed by atoms with Gasteiger partial charge in [-0.1, -0.05) is 23.7 Å². The summed E-state index contributed by atoms with van der Waals surface area (Å²) < 4.78 is 30.8. The van der Waals surface area contributed by atoms with E-state index in [1.165, 1.54) is 37.3 Å². The number of methoxy groups -OCH3 is 3. The second-order valence-corrected chi connectivity index (χ2v) is 8.30. The molecule has 3 aromatic carbocycles. The number of hydrogen-bond acceptors (Lipinski definition) is 5. The molecule has 4 rings (SSSR count). The molecule has 3 aromatic rings. The van der Waals surface area contributed by atoms with Crippen molar-refractivity contribution >= 4 is 29.3 Å². The second-order valence-electron chi connectivity index (χ2n) is 7.89. The molecule has 1 N–H and O–H groups in total. The third-order valence-corrected chi connectivity index (χ3v) is 6.27. The summed E-state index contributed by atoms with van der Waals surface area (Å²) in [6.07, 6.45) is 0.508. The van der Waals surface area contributed by atoms with Gasteiger partial charge in [-0.3, -0.25) is 0 Å². The number of ether oxygens (including phenoxy) is 3. The lowest BCUT2D eigenvalue weighted by Crippen LogP contribution is -2.43. The van der Waals surface area contributed by atoms with Gasteiger partial charge in [-0.25, -0.2) is 14.0 Å². The van der Waals surface area contributed by atoms with Crippen LogP contribution in [0.25, 0.3) is 0 Å². The van der Waals surface area contributed by atoms with Crippen molar-refractivity contribution in [2.24, 2.45) is 0 Å². The van der Waals surface area contributed by atoms with Crippen molar-refractivity contribution in [1.82, 2.24) is 4.90 Å². The summed E-state index contributed by atoms with van der Waals surface area (Å²) in [7, 11) is 4.34. The number of rotatable bonds is 5. The zero-order chi connectivity index (χ0) is 25.1. The Labute approximate surface area is 207 Å². The van der Waals surface area contributed by atoms with Gasteiger partial charge in [0.1, 0.15) is 5.82 Å². The summed E-state index contributed by atoms with van der Waals surface area (Å²) in [5.74, 6) is -0.0559. The minimum Gasteiger partial charge on any atom is -0.493 e. The fourth-order valence-corrected chi connectivity index (χ4v) is 4.55. The Balaban J connectivity index is 1.78. The lowest BCUT2D eigenvalue weighted by atomic mass is 9.87. The largest absolute Gasteiger partial charge is 0.493 e. The van der Waals surface area contributed by atoms with E-state index in [1.54, 1.807) is 37.4 Å². The van der Waals surface area contributed by atoms with Crippen LogP contribution in [0.5, 0.6) is 11.5 Å². The summed E-state index contributed by atoms with van der Waals surface area (Å²) in [6.45, 7) is 0.292. The molecular formula is C26H24ClFN2O5. The normalized spacial score (nSPS) is 14.7. The molecule has 7 nitrogen and oxygen atoms in total. The van der Waals surface area contributed by atoms with Gasteiger partial charge in [-0.15, -0.1) is 0 Å². The zero-order valence-electron chi connectivity index (χ0n) is 19.4. The average molecular weight is 499 g/mol. The van der Waals surface area contributed by atoms with Crippen LogP contribution < -0.4 is 14.8 Å². The molecule has 0 saturated carbocycles. The van der Waals surface area contributed by atoms with Crippen molar-refractivity contribution in [3.05, 3.63) is 87.7 Å². The van der Waals surface area contributed by atoms with Crippen molar-refractivity contribution in [1.29, 1.82) is 0 Å². The van der Waals surface area contributed by atoms with E-state index in [0.717, 1.165) is 5.56 Å². The molecule has 0 fully saturated rings. The van der Waals surface area contributed by atoms with Crippen LogP contribution in [0.1, 0.15) is 33.1 Å². The molecule has 1 heterocycles. The molecule has 0 aromatic heterocycles. The molecule has 0 saturated heterocycles. The first kappa shape index (κ1) is 24.3. The maximum atomic E-state index is 15.2. The molecule has 35 heavy (non-hydrogen) atoms. The number of benzene rings is 3.